The highest BCUT2D eigenvalue weighted by molar-refractivity contribution is 9.11. The van der Waals surface area contributed by atoms with Gasteiger partial charge < -0.3 is 0 Å². The van der Waals surface area contributed by atoms with Gasteiger partial charge in [-0.2, -0.15) is 0 Å². The van der Waals surface area contributed by atoms with Gasteiger partial charge in [0.25, 0.3) is 0 Å². The van der Waals surface area contributed by atoms with Crippen molar-refractivity contribution in [2.24, 2.45) is 5.41 Å². The maximum absolute atomic E-state index is 3.20. The van der Waals surface area contributed by atoms with E-state index in [0.29, 0.717) is 5.41 Å². The first-order valence-corrected chi connectivity index (χ1v) is 3.26. The molecule has 0 aliphatic heterocycles. The molecule has 0 amide bonds. The molecule has 0 unspecified atom stereocenters. The molecule has 0 N–H and O–H groups in total. The van der Waals surface area contributed by atoms with Crippen LogP contribution < -0.4 is 0 Å². The fourth-order valence-electron chi connectivity index (χ4n) is 0.189. The molecule has 0 heterocycles. The predicted molar refractivity (Wildman–Crippen MR) is 37.5 cm³/mol. The fraction of sp³-hybridized carbons (Fsp3) is 0.667. The first kappa shape index (κ1) is 7.22. The van der Waals surface area contributed by atoms with E-state index < -0.39 is 0 Å². The summed E-state index contributed by atoms with van der Waals surface area (Å²) in [4.78, 5) is 1.90. The molecule has 0 aromatic heterocycles. The molecular formula is C6H11Br. The highest BCUT2D eigenvalue weighted by Crippen LogP contribution is 2.14. The lowest BCUT2D eigenvalue weighted by molar-refractivity contribution is 0.545. The minimum atomic E-state index is 0.323. The van der Waals surface area contributed by atoms with Crippen molar-refractivity contribution in [3.05, 3.63) is 11.1 Å². The predicted octanol–water partition coefficient (Wildman–Crippen LogP) is 2.94. The smallest absolute Gasteiger partial charge is 0.0195 e. The first-order chi connectivity index (χ1) is 3.06. The zero-order valence-corrected chi connectivity index (χ0v) is 6.62. The van der Waals surface area contributed by atoms with E-state index >= 15 is 0 Å². The van der Waals surface area contributed by atoms with Crippen molar-refractivity contribution in [2.75, 3.05) is 0 Å². The monoisotopic (exact) mass is 162 g/mol. The Labute approximate surface area is 53.7 Å². The molecule has 0 aliphatic rings. The van der Waals surface area contributed by atoms with E-state index in [1.807, 2.05) is 4.99 Å². The van der Waals surface area contributed by atoms with Crippen molar-refractivity contribution in [1.29, 1.82) is 0 Å². The van der Waals surface area contributed by atoms with Crippen molar-refractivity contribution in [3.63, 3.8) is 0 Å². The Kier molecular flexibility index (Phi) is 2.59. The first-order valence-electron chi connectivity index (χ1n) is 2.34. The van der Waals surface area contributed by atoms with E-state index in [1.54, 1.807) is 0 Å². The number of rotatable bonds is 0. The molecule has 0 aromatic rings. The van der Waals surface area contributed by atoms with Crippen molar-refractivity contribution in [3.8, 4) is 0 Å². The maximum atomic E-state index is 3.20. The SMILES string of the molecule is CC(C)(C)/C=C/Br. The summed E-state index contributed by atoms with van der Waals surface area (Å²) in [5, 5.41) is 0. The molecule has 42 valence electrons. The van der Waals surface area contributed by atoms with Gasteiger partial charge in [0.2, 0.25) is 0 Å². The Balaban J connectivity index is 3.56. The molecule has 0 atom stereocenters. The largest absolute Gasteiger partial charge is 0.0722 e. The van der Waals surface area contributed by atoms with Gasteiger partial charge in [0.15, 0.2) is 0 Å². The minimum Gasteiger partial charge on any atom is -0.0722 e. The number of hydrogen-bond donors (Lipinski definition) is 0. The average Bonchev–Trinajstić information content (AvgIpc) is 1.30. The lowest BCUT2D eigenvalue weighted by Crippen LogP contribution is -1.96. The minimum absolute atomic E-state index is 0.323. The van der Waals surface area contributed by atoms with Gasteiger partial charge in [0, 0.05) is 0 Å². The lowest BCUT2D eigenvalue weighted by atomic mass is 9.98. The normalized spacial score (nSPS) is 13.1. The summed E-state index contributed by atoms with van der Waals surface area (Å²) in [6, 6.07) is 0. The molecule has 1 heteroatoms. The van der Waals surface area contributed by atoms with Gasteiger partial charge in [-0.3, -0.25) is 0 Å². The van der Waals surface area contributed by atoms with Crippen LogP contribution in [-0.4, -0.2) is 0 Å². The maximum Gasteiger partial charge on any atom is -0.0195 e. The number of halogens is 1. The molecule has 0 bridgehead atoms. The van der Waals surface area contributed by atoms with Crippen LogP contribution in [0, 0.1) is 5.41 Å². The molecule has 0 fully saturated rings. The summed E-state index contributed by atoms with van der Waals surface area (Å²) < 4.78 is 0. The number of hydrogen-bond acceptors (Lipinski definition) is 0. The highest BCUT2D eigenvalue weighted by atomic mass is 79.9. The zero-order chi connectivity index (χ0) is 5.91. The second kappa shape index (κ2) is 2.51. The van der Waals surface area contributed by atoms with Gasteiger partial charge in [-0.05, 0) is 10.4 Å². The van der Waals surface area contributed by atoms with Gasteiger partial charge >= 0.3 is 0 Å². The highest BCUT2D eigenvalue weighted by Gasteiger charge is 2.01. The van der Waals surface area contributed by atoms with Gasteiger partial charge in [-0.15, -0.1) is 0 Å². The number of allylic oxidation sites excluding steroid dienone is 1. The van der Waals surface area contributed by atoms with Crippen LogP contribution in [0.15, 0.2) is 11.1 Å². The van der Waals surface area contributed by atoms with Crippen LogP contribution in [-0.2, 0) is 0 Å². The molecule has 0 aliphatic carbocycles. The van der Waals surface area contributed by atoms with E-state index in [4.69, 9.17) is 0 Å². The molecule has 0 saturated heterocycles. The molecule has 0 saturated carbocycles. The van der Waals surface area contributed by atoms with E-state index in [0.717, 1.165) is 0 Å². The molecular weight excluding hydrogens is 152 g/mol. The van der Waals surface area contributed by atoms with Crippen molar-refractivity contribution in [2.45, 2.75) is 20.8 Å². The van der Waals surface area contributed by atoms with Crippen LogP contribution in [0.25, 0.3) is 0 Å². The quantitative estimate of drug-likeness (QED) is 0.515. The lowest BCUT2D eigenvalue weighted by Gasteiger charge is -2.09. The van der Waals surface area contributed by atoms with Crippen LogP contribution in [0.3, 0.4) is 0 Å². The van der Waals surface area contributed by atoms with Crippen molar-refractivity contribution < 1.29 is 0 Å². The summed E-state index contributed by atoms with van der Waals surface area (Å²) >= 11 is 3.20. The average molecular weight is 163 g/mol. The molecule has 0 aromatic carbocycles. The van der Waals surface area contributed by atoms with Crippen LogP contribution in [0.1, 0.15) is 20.8 Å². The summed E-state index contributed by atoms with van der Waals surface area (Å²) in [7, 11) is 0. The van der Waals surface area contributed by atoms with Crippen LogP contribution in [0.2, 0.25) is 0 Å². The standard InChI is InChI=1S/C6H11Br/c1-6(2,3)4-5-7/h4-5H,1-3H3/b5-4+. The Bertz CT molecular complexity index is 66.7. The summed E-state index contributed by atoms with van der Waals surface area (Å²) in [6.07, 6.45) is 2.10. The zero-order valence-electron chi connectivity index (χ0n) is 5.03. The van der Waals surface area contributed by atoms with Crippen LogP contribution in [0.4, 0.5) is 0 Å². The topological polar surface area (TPSA) is 0 Å². The van der Waals surface area contributed by atoms with Gasteiger partial charge in [-0.1, -0.05) is 42.8 Å². The fourth-order valence-corrected chi connectivity index (χ4v) is 0.982. The second-order valence-corrected chi connectivity index (χ2v) is 3.19. The van der Waals surface area contributed by atoms with Crippen LogP contribution >= 0.6 is 15.9 Å². The van der Waals surface area contributed by atoms with E-state index in [1.165, 1.54) is 0 Å². The Morgan fingerprint density at radius 1 is 1.29 bits per heavy atom. The Morgan fingerprint density at radius 3 is 1.71 bits per heavy atom. The third-order valence-electron chi connectivity index (χ3n) is 0.563. The molecule has 7 heavy (non-hydrogen) atoms. The van der Waals surface area contributed by atoms with E-state index in [9.17, 15) is 0 Å². The summed E-state index contributed by atoms with van der Waals surface area (Å²) in [6.45, 7) is 6.47. The second-order valence-electron chi connectivity index (χ2n) is 2.66. The van der Waals surface area contributed by atoms with Crippen LogP contribution in [0.5, 0.6) is 0 Å². The van der Waals surface area contributed by atoms with Gasteiger partial charge in [0.05, 0.1) is 0 Å². The Hall–Kier alpha value is 0.220. The van der Waals surface area contributed by atoms with Gasteiger partial charge in [-0.25, -0.2) is 0 Å². The third kappa shape index (κ3) is 6.22. The van der Waals surface area contributed by atoms with E-state index in [2.05, 4.69) is 42.8 Å². The Morgan fingerprint density at radius 2 is 1.71 bits per heavy atom. The third-order valence-corrected chi connectivity index (χ3v) is 0.827. The van der Waals surface area contributed by atoms with Crippen molar-refractivity contribution in [1.82, 2.24) is 0 Å². The van der Waals surface area contributed by atoms with Gasteiger partial charge in [0.1, 0.15) is 0 Å². The molecule has 0 radical (unpaired) electrons. The summed E-state index contributed by atoms with van der Waals surface area (Å²) in [5.74, 6) is 0. The molecule has 0 spiro atoms. The molecule has 0 rings (SSSR count). The summed E-state index contributed by atoms with van der Waals surface area (Å²) in [5.41, 5.74) is 0.323. The molecule has 0 nitrogen and oxygen atoms in total. The van der Waals surface area contributed by atoms with Crippen molar-refractivity contribution >= 4 is 15.9 Å². The van der Waals surface area contributed by atoms with E-state index in [-0.39, 0.29) is 0 Å².